The molecule has 1 heterocycles. The van der Waals surface area contributed by atoms with E-state index in [9.17, 15) is 28.6 Å². The molecule has 3 aromatic rings. The van der Waals surface area contributed by atoms with Crippen LogP contribution in [0.25, 0.3) is 11.1 Å². The van der Waals surface area contributed by atoms with Crippen molar-refractivity contribution in [2.24, 2.45) is 10.8 Å². The lowest BCUT2D eigenvalue weighted by atomic mass is 9.93. The number of hydrogen-bond donors (Lipinski definition) is 5. The van der Waals surface area contributed by atoms with Crippen LogP contribution in [-0.4, -0.2) is 89.9 Å². The summed E-state index contributed by atoms with van der Waals surface area (Å²) < 4.78 is 28.1. The molecule has 4 aliphatic carbocycles. The maximum absolute atomic E-state index is 14.0. The molecule has 4 saturated carbocycles. The maximum Gasteiger partial charge on any atom is 0.321 e. The number of carboxylic acid groups (broad SMARTS) is 2. The van der Waals surface area contributed by atoms with Crippen LogP contribution >= 0.6 is 0 Å². The summed E-state index contributed by atoms with van der Waals surface area (Å²) in [5.41, 5.74) is 5.72. The van der Waals surface area contributed by atoms with E-state index in [2.05, 4.69) is 76.6 Å². The number of hydrogen-bond acceptors (Lipinski definition) is 6. The van der Waals surface area contributed by atoms with Gasteiger partial charge in [0.25, 0.3) is 5.92 Å². The zero-order chi connectivity index (χ0) is 36.1. The van der Waals surface area contributed by atoms with Crippen LogP contribution in [0.15, 0.2) is 78.9 Å². The second-order valence-corrected chi connectivity index (χ2v) is 16.6. The summed E-state index contributed by atoms with van der Waals surface area (Å²) in [6.45, 7) is 2.22. The minimum atomic E-state index is -2.95. The molecule has 52 heavy (non-hydrogen) atoms. The molecule has 5 aliphatic rings. The largest absolute Gasteiger partial charge is 0.480 e. The second kappa shape index (κ2) is 13.9. The van der Waals surface area contributed by atoms with E-state index in [0.717, 1.165) is 61.8 Å². The minimum absolute atomic E-state index is 0.122. The predicted octanol–water partition coefficient (Wildman–Crippen LogP) is 5.88. The van der Waals surface area contributed by atoms with Crippen molar-refractivity contribution < 1.29 is 28.6 Å². The van der Waals surface area contributed by atoms with Gasteiger partial charge in [0.05, 0.1) is 6.54 Å². The van der Waals surface area contributed by atoms with Crippen molar-refractivity contribution in [1.82, 2.24) is 20.9 Å². The molecule has 0 aromatic heterocycles. The predicted molar refractivity (Wildman–Crippen MR) is 196 cm³/mol. The lowest BCUT2D eigenvalue weighted by Crippen LogP contribution is -2.44. The zero-order valence-corrected chi connectivity index (χ0v) is 29.6. The third-order valence-electron chi connectivity index (χ3n) is 12.5. The molecular formula is C42H50F2N4O4. The summed E-state index contributed by atoms with van der Waals surface area (Å²) in [7, 11) is 0. The van der Waals surface area contributed by atoms with Crippen LogP contribution in [0.4, 0.5) is 8.78 Å². The molecular weight excluding hydrogens is 662 g/mol. The van der Waals surface area contributed by atoms with Gasteiger partial charge >= 0.3 is 11.9 Å². The van der Waals surface area contributed by atoms with Crippen LogP contribution in [0, 0.1) is 10.8 Å². The molecule has 3 aromatic carbocycles. The van der Waals surface area contributed by atoms with Gasteiger partial charge in [-0.05, 0) is 83.6 Å². The van der Waals surface area contributed by atoms with Gasteiger partial charge in [0.1, 0.15) is 12.1 Å². The molecule has 0 radical (unpaired) electrons. The van der Waals surface area contributed by atoms with Gasteiger partial charge in [0.2, 0.25) is 0 Å². The molecule has 0 spiro atoms. The Morgan fingerprint density at radius 1 is 0.769 bits per heavy atom. The van der Waals surface area contributed by atoms with E-state index in [4.69, 9.17) is 0 Å². The fourth-order valence-electron chi connectivity index (χ4n) is 8.55. The first kappa shape index (κ1) is 35.3. The number of benzene rings is 3. The highest BCUT2D eigenvalue weighted by atomic mass is 19.3. The zero-order valence-electron chi connectivity index (χ0n) is 29.6. The number of rotatable bonds is 18. The quantitative estimate of drug-likeness (QED) is 0.111. The molecule has 10 heteroatoms. The Morgan fingerprint density at radius 2 is 1.37 bits per heavy atom. The summed E-state index contributed by atoms with van der Waals surface area (Å²) >= 11 is 0. The number of likely N-dealkylation sites (tertiary alicyclic amines) is 1. The van der Waals surface area contributed by atoms with Gasteiger partial charge in [-0.25, -0.2) is 8.78 Å². The number of nitrogens with zero attached hydrogens (tertiary/aromatic N) is 1. The Kier molecular flexibility index (Phi) is 9.47. The second-order valence-electron chi connectivity index (χ2n) is 16.6. The van der Waals surface area contributed by atoms with Gasteiger partial charge in [0, 0.05) is 56.5 Å². The summed E-state index contributed by atoms with van der Waals surface area (Å²) in [6.07, 6.45) is 6.01. The minimum Gasteiger partial charge on any atom is -0.480 e. The third kappa shape index (κ3) is 8.10. The number of halogens is 2. The maximum atomic E-state index is 14.0. The van der Waals surface area contributed by atoms with E-state index in [1.807, 2.05) is 18.2 Å². The fraction of sp³-hybridized carbons (Fsp3) is 0.524. The number of alkyl halides is 2. The molecule has 8 nitrogen and oxygen atoms in total. The Labute approximate surface area is 304 Å². The van der Waals surface area contributed by atoms with Gasteiger partial charge < -0.3 is 26.2 Å². The summed E-state index contributed by atoms with van der Waals surface area (Å²) in [6, 6.07) is 26.3. The van der Waals surface area contributed by atoms with Gasteiger partial charge in [0.15, 0.2) is 0 Å². The third-order valence-corrected chi connectivity index (χ3v) is 12.5. The molecule has 1 saturated heterocycles. The summed E-state index contributed by atoms with van der Waals surface area (Å²) in [5.74, 6) is -3.99. The monoisotopic (exact) mass is 712 g/mol. The summed E-state index contributed by atoms with van der Waals surface area (Å²) in [4.78, 5) is 25.5. The smallest absolute Gasteiger partial charge is 0.321 e. The highest BCUT2D eigenvalue weighted by Crippen LogP contribution is 2.50. The Bertz CT molecular complexity index is 1760. The first-order valence-corrected chi connectivity index (χ1v) is 19.0. The van der Waals surface area contributed by atoms with Crippen molar-refractivity contribution in [3.63, 3.8) is 0 Å². The van der Waals surface area contributed by atoms with Crippen LogP contribution < -0.4 is 16.0 Å². The Hall–Kier alpha value is -3.70. The Balaban J connectivity index is 0.827. The van der Waals surface area contributed by atoms with Crippen LogP contribution in [0.5, 0.6) is 0 Å². The van der Waals surface area contributed by atoms with Crippen molar-refractivity contribution in [3.8, 4) is 11.1 Å². The number of aliphatic carboxylic acids is 2. The van der Waals surface area contributed by atoms with E-state index in [0.29, 0.717) is 50.0 Å². The van der Waals surface area contributed by atoms with E-state index in [-0.39, 0.29) is 10.8 Å². The van der Waals surface area contributed by atoms with E-state index >= 15 is 0 Å². The van der Waals surface area contributed by atoms with E-state index in [1.165, 1.54) is 16.0 Å². The number of nitrogens with one attached hydrogen (secondary N) is 3. The highest BCUT2D eigenvalue weighted by Gasteiger charge is 2.54. The molecule has 1 aliphatic heterocycles. The fourth-order valence-corrected chi connectivity index (χ4v) is 8.55. The molecule has 0 bridgehead atoms. The van der Waals surface area contributed by atoms with Gasteiger partial charge in [-0.15, -0.1) is 0 Å². The molecule has 6 atom stereocenters. The molecule has 5 fully saturated rings. The molecule has 276 valence electrons. The van der Waals surface area contributed by atoms with Crippen molar-refractivity contribution in [2.45, 2.75) is 93.3 Å². The van der Waals surface area contributed by atoms with Crippen molar-refractivity contribution in [2.75, 3.05) is 32.7 Å². The molecule has 0 unspecified atom stereocenters. The molecule has 5 N–H and O–H groups in total. The number of carbonyl (C=O) groups is 2. The van der Waals surface area contributed by atoms with Crippen molar-refractivity contribution in [3.05, 3.63) is 95.6 Å². The standard InChI is InChI=1S/C42H50F2N4O4/c43-42(44)21-37(39(51)52)48(26-42)25-41(16-17-41)24-46-35-20-33(35)29-12-10-28(11-13-29)31-9-5-4-8-30(31)18-36(38(49)50)47-23-40(14-15-40)22-45-34-19-32(34)27-6-2-1-3-7-27/h1-13,32-37,45-47H,14-26H2,(H,49,50)(H,51,52)/t32-,33-,34+,35+,36-,37-/m0/s1. The van der Waals surface area contributed by atoms with Crippen LogP contribution in [0.1, 0.15) is 73.5 Å². The normalized spacial score (nSPS) is 28.2. The molecule has 0 amide bonds. The van der Waals surface area contributed by atoms with Crippen LogP contribution in [-0.2, 0) is 16.0 Å². The van der Waals surface area contributed by atoms with Crippen molar-refractivity contribution >= 4 is 11.9 Å². The first-order chi connectivity index (χ1) is 25.0. The Morgan fingerprint density at radius 3 is 1.98 bits per heavy atom. The topological polar surface area (TPSA) is 114 Å². The van der Waals surface area contributed by atoms with E-state index < -0.39 is 42.9 Å². The lowest BCUT2D eigenvalue weighted by molar-refractivity contribution is -0.142. The molecule has 8 rings (SSSR count). The van der Waals surface area contributed by atoms with Gasteiger partial charge in [-0.2, -0.15) is 0 Å². The van der Waals surface area contributed by atoms with Crippen LogP contribution in [0.2, 0.25) is 0 Å². The van der Waals surface area contributed by atoms with Gasteiger partial charge in [-0.3, -0.25) is 14.5 Å². The average molecular weight is 713 g/mol. The van der Waals surface area contributed by atoms with Crippen LogP contribution in [0.3, 0.4) is 0 Å². The highest BCUT2D eigenvalue weighted by molar-refractivity contribution is 5.76. The SMILES string of the molecule is O=C(O)[C@H](Cc1ccccc1-c1ccc([C@@H]2C[C@H]2NCC2(CN3CC(F)(F)C[C@H]3C(=O)O)CC2)cc1)NCC1(CN[C@@H]2C[C@H]2c2ccccc2)CC1. The van der Waals surface area contributed by atoms with Gasteiger partial charge in [-0.1, -0.05) is 78.9 Å². The average Bonchev–Trinajstić information content (AvgIpc) is 3.95. The van der Waals surface area contributed by atoms with Crippen molar-refractivity contribution in [1.29, 1.82) is 0 Å². The first-order valence-electron chi connectivity index (χ1n) is 19.0. The lowest BCUT2D eigenvalue weighted by Gasteiger charge is -2.26. The van der Waals surface area contributed by atoms with E-state index in [1.54, 1.807) is 0 Å². The summed E-state index contributed by atoms with van der Waals surface area (Å²) in [5, 5.41) is 30.5. The number of carboxylic acids is 2.